The Kier molecular flexibility index (Phi) is 3.15. The quantitative estimate of drug-likeness (QED) is 0.804. The Morgan fingerprint density at radius 1 is 1.30 bits per heavy atom. The molecule has 1 aliphatic heterocycles. The molecular formula is C15H18F2N2O. The van der Waals surface area contributed by atoms with Crippen molar-refractivity contribution >= 4 is 17.3 Å². The molecule has 0 unspecified atom stereocenters. The lowest BCUT2D eigenvalue weighted by Gasteiger charge is -2.30. The van der Waals surface area contributed by atoms with Gasteiger partial charge < -0.3 is 10.6 Å². The third kappa shape index (κ3) is 2.37. The van der Waals surface area contributed by atoms with Gasteiger partial charge >= 0.3 is 0 Å². The van der Waals surface area contributed by atoms with Gasteiger partial charge in [0.1, 0.15) is 0 Å². The van der Waals surface area contributed by atoms with Crippen LogP contribution < -0.4 is 10.6 Å². The Morgan fingerprint density at radius 3 is 2.70 bits per heavy atom. The van der Waals surface area contributed by atoms with Crippen molar-refractivity contribution in [3.63, 3.8) is 0 Å². The number of hydrogen-bond acceptors (Lipinski definition) is 2. The van der Waals surface area contributed by atoms with Crippen LogP contribution in [0.25, 0.3) is 0 Å². The molecule has 20 heavy (non-hydrogen) atoms. The summed E-state index contributed by atoms with van der Waals surface area (Å²) in [6, 6.07) is 5.52. The Hall–Kier alpha value is -1.65. The fraction of sp³-hybridized carbons (Fsp3) is 0.533. The summed E-state index contributed by atoms with van der Waals surface area (Å²) < 4.78 is 26.3. The maximum Gasteiger partial charge on any atom is 0.248 e. The van der Waals surface area contributed by atoms with Crippen molar-refractivity contribution in [3.05, 3.63) is 23.8 Å². The first kappa shape index (κ1) is 13.3. The summed E-state index contributed by atoms with van der Waals surface area (Å²) in [6.45, 7) is 0.629. The van der Waals surface area contributed by atoms with Gasteiger partial charge in [-0.2, -0.15) is 0 Å². The Morgan fingerprint density at radius 2 is 2.00 bits per heavy atom. The number of alkyl halides is 2. The van der Waals surface area contributed by atoms with Gasteiger partial charge in [0.25, 0.3) is 0 Å². The first-order chi connectivity index (χ1) is 9.46. The topological polar surface area (TPSA) is 46.3 Å². The predicted octanol–water partition coefficient (Wildman–Crippen LogP) is 2.98. The van der Waals surface area contributed by atoms with Crippen molar-refractivity contribution in [3.8, 4) is 0 Å². The van der Waals surface area contributed by atoms with Crippen LogP contribution in [0.2, 0.25) is 0 Å². The van der Waals surface area contributed by atoms with Crippen LogP contribution in [0.1, 0.15) is 31.2 Å². The number of anilines is 2. The number of hydrogen-bond donors (Lipinski definition) is 1. The number of amides is 1. The number of carbonyl (C=O) groups excluding carboxylic acids is 1. The molecule has 3 nitrogen and oxygen atoms in total. The van der Waals surface area contributed by atoms with Crippen LogP contribution in [-0.2, 0) is 11.2 Å². The van der Waals surface area contributed by atoms with E-state index in [1.165, 1.54) is 0 Å². The summed E-state index contributed by atoms with van der Waals surface area (Å²) in [6.07, 6.45) is 1.01. The molecule has 0 spiro atoms. The second-order valence-corrected chi connectivity index (χ2v) is 5.76. The van der Waals surface area contributed by atoms with Gasteiger partial charge in [-0.05, 0) is 43.0 Å². The molecule has 1 heterocycles. The first-order valence-corrected chi connectivity index (χ1v) is 7.04. The van der Waals surface area contributed by atoms with Crippen LogP contribution in [0.5, 0.6) is 0 Å². The van der Waals surface area contributed by atoms with E-state index < -0.39 is 5.92 Å². The predicted molar refractivity (Wildman–Crippen MR) is 73.8 cm³/mol. The molecule has 3 rings (SSSR count). The number of benzene rings is 1. The molecule has 1 amide bonds. The van der Waals surface area contributed by atoms with Crippen LogP contribution in [-0.4, -0.2) is 18.4 Å². The molecule has 1 aliphatic carbocycles. The maximum atomic E-state index is 13.2. The highest BCUT2D eigenvalue weighted by molar-refractivity contribution is 5.97. The lowest BCUT2D eigenvalue weighted by molar-refractivity contribution is -0.126. The number of nitrogen functional groups attached to an aromatic ring is 1. The van der Waals surface area contributed by atoms with E-state index in [9.17, 15) is 13.6 Å². The van der Waals surface area contributed by atoms with E-state index in [1.54, 1.807) is 11.0 Å². The van der Waals surface area contributed by atoms with Crippen LogP contribution in [0.3, 0.4) is 0 Å². The zero-order chi connectivity index (χ0) is 14.3. The van der Waals surface area contributed by atoms with Crippen molar-refractivity contribution in [1.82, 2.24) is 0 Å². The Bertz CT molecular complexity index is 535. The molecule has 1 saturated carbocycles. The number of nitrogens with zero attached hydrogens (tertiary/aromatic N) is 1. The van der Waals surface area contributed by atoms with Gasteiger partial charge in [-0.15, -0.1) is 0 Å². The first-order valence-electron chi connectivity index (χ1n) is 7.04. The van der Waals surface area contributed by atoms with Crippen LogP contribution >= 0.6 is 0 Å². The zero-order valence-corrected chi connectivity index (χ0v) is 11.2. The highest BCUT2D eigenvalue weighted by Gasteiger charge is 2.39. The van der Waals surface area contributed by atoms with Crippen LogP contribution in [0, 0.1) is 5.92 Å². The number of fused-ring (bicyclic) bond motifs is 1. The van der Waals surface area contributed by atoms with Crippen molar-refractivity contribution in [2.24, 2.45) is 5.92 Å². The van der Waals surface area contributed by atoms with E-state index in [0.29, 0.717) is 12.2 Å². The van der Waals surface area contributed by atoms with E-state index in [2.05, 4.69) is 0 Å². The van der Waals surface area contributed by atoms with Crippen molar-refractivity contribution in [1.29, 1.82) is 0 Å². The minimum atomic E-state index is -2.59. The van der Waals surface area contributed by atoms with Crippen molar-refractivity contribution in [2.45, 2.75) is 38.0 Å². The lowest BCUT2D eigenvalue weighted by Crippen LogP contribution is -2.38. The molecule has 0 bridgehead atoms. The van der Waals surface area contributed by atoms with E-state index in [4.69, 9.17) is 5.73 Å². The molecule has 1 aromatic carbocycles. The van der Waals surface area contributed by atoms with Gasteiger partial charge in [0, 0.05) is 36.7 Å². The van der Waals surface area contributed by atoms with E-state index in [-0.39, 0.29) is 37.5 Å². The van der Waals surface area contributed by atoms with Gasteiger partial charge in [-0.3, -0.25) is 4.79 Å². The average Bonchev–Trinajstić information content (AvgIpc) is 2.80. The summed E-state index contributed by atoms with van der Waals surface area (Å²) in [7, 11) is 0. The monoisotopic (exact) mass is 280 g/mol. The number of halogens is 2. The summed E-state index contributed by atoms with van der Waals surface area (Å²) >= 11 is 0. The summed E-state index contributed by atoms with van der Waals surface area (Å²) in [4.78, 5) is 14.2. The zero-order valence-electron chi connectivity index (χ0n) is 11.2. The van der Waals surface area contributed by atoms with Crippen molar-refractivity contribution < 1.29 is 13.6 Å². The summed E-state index contributed by atoms with van der Waals surface area (Å²) in [5.74, 6) is -2.86. The van der Waals surface area contributed by atoms with Crippen molar-refractivity contribution in [2.75, 3.05) is 17.2 Å². The minimum absolute atomic E-state index is 0.0102. The third-order valence-corrected chi connectivity index (χ3v) is 4.33. The third-order valence-electron chi connectivity index (χ3n) is 4.33. The number of rotatable bonds is 1. The van der Waals surface area contributed by atoms with E-state index >= 15 is 0 Å². The van der Waals surface area contributed by atoms with Gasteiger partial charge in [-0.1, -0.05) is 0 Å². The lowest BCUT2D eigenvalue weighted by atomic mass is 9.86. The molecule has 0 radical (unpaired) electrons. The molecule has 2 N–H and O–H groups in total. The summed E-state index contributed by atoms with van der Waals surface area (Å²) in [5.41, 5.74) is 8.39. The molecule has 0 aromatic heterocycles. The standard InChI is InChI=1S/C15H18F2N2O/c16-15(17)6-3-10(4-7-15)14(20)19-8-5-11-9-12(18)1-2-13(11)19/h1-2,9-10H,3-8,18H2. The fourth-order valence-electron chi connectivity index (χ4n) is 3.16. The van der Waals surface area contributed by atoms with Crippen LogP contribution in [0.4, 0.5) is 20.2 Å². The SMILES string of the molecule is Nc1ccc2c(c1)CCN2C(=O)C1CCC(F)(F)CC1. The molecule has 1 fully saturated rings. The van der Waals surface area contributed by atoms with E-state index in [0.717, 1.165) is 17.7 Å². The average molecular weight is 280 g/mol. The molecular weight excluding hydrogens is 262 g/mol. The molecule has 2 aliphatic rings. The minimum Gasteiger partial charge on any atom is -0.399 e. The largest absolute Gasteiger partial charge is 0.399 e. The highest BCUT2D eigenvalue weighted by atomic mass is 19.3. The summed E-state index contributed by atoms with van der Waals surface area (Å²) in [5, 5.41) is 0. The second kappa shape index (κ2) is 4.72. The Balaban J connectivity index is 1.74. The maximum absolute atomic E-state index is 13.2. The van der Waals surface area contributed by atoms with E-state index in [1.807, 2.05) is 12.1 Å². The van der Waals surface area contributed by atoms with Gasteiger partial charge in [0.2, 0.25) is 11.8 Å². The molecule has 0 saturated heterocycles. The Labute approximate surface area is 116 Å². The molecule has 5 heteroatoms. The normalized spacial score (nSPS) is 21.8. The fourth-order valence-corrected chi connectivity index (χ4v) is 3.16. The molecule has 108 valence electrons. The van der Waals surface area contributed by atoms with Gasteiger partial charge in [0.15, 0.2) is 0 Å². The second-order valence-electron chi connectivity index (χ2n) is 5.76. The number of nitrogens with two attached hydrogens (primary N) is 1. The molecule has 0 atom stereocenters. The van der Waals surface area contributed by atoms with Gasteiger partial charge in [0.05, 0.1) is 0 Å². The molecule has 1 aromatic rings. The smallest absolute Gasteiger partial charge is 0.248 e. The van der Waals surface area contributed by atoms with Gasteiger partial charge in [-0.25, -0.2) is 8.78 Å². The number of carbonyl (C=O) groups is 1. The highest BCUT2D eigenvalue weighted by Crippen LogP contribution is 2.39. The van der Waals surface area contributed by atoms with Crippen LogP contribution in [0.15, 0.2) is 18.2 Å².